The van der Waals surface area contributed by atoms with Gasteiger partial charge < -0.3 is 16.2 Å². The minimum atomic E-state index is -0.995. The van der Waals surface area contributed by atoms with Crippen LogP contribution in [0, 0.1) is 0 Å². The number of guanidine groups is 1. The van der Waals surface area contributed by atoms with Crippen molar-refractivity contribution in [2.75, 3.05) is 6.54 Å². The van der Waals surface area contributed by atoms with Crippen molar-refractivity contribution < 1.29 is 5.11 Å². The summed E-state index contributed by atoms with van der Waals surface area (Å²) in [6.07, 6.45) is 0. The number of nitrogens with two attached hydrogens (primary N) is 1. The molecule has 0 radical (unpaired) electrons. The third-order valence-corrected chi connectivity index (χ3v) is 2.39. The van der Waals surface area contributed by atoms with Crippen molar-refractivity contribution in [1.29, 1.82) is 0 Å². The maximum atomic E-state index is 10.3. The van der Waals surface area contributed by atoms with E-state index in [0.29, 0.717) is 5.96 Å². The van der Waals surface area contributed by atoms with E-state index in [-0.39, 0.29) is 36.6 Å². The Morgan fingerprint density at radius 2 is 1.94 bits per heavy atom. The number of aliphatic imine (C=N–C) groups is 1. The fourth-order valence-corrected chi connectivity index (χ4v) is 1.47. The fourth-order valence-electron chi connectivity index (χ4n) is 1.47. The van der Waals surface area contributed by atoms with Crippen LogP contribution in [0.3, 0.4) is 0 Å². The molecule has 0 aliphatic heterocycles. The lowest BCUT2D eigenvalue weighted by molar-refractivity contribution is 0.0673. The topological polar surface area (TPSA) is 70.6 Å². The first kappa shape index (κ1) is 17.2. The molecule has 18 heavy (non-hydrogen) atoms. The molecule has 0 spiro atoms. The third kappa shape index (κ3) is 5.68. The van der Waals surface area contributed by atoms with Gasteiger partial charge in [-0.05, 0) is 26.3 Å². The van der Waals surface area contributed by atoms with Crippen LogP contribution >= 0.6 is 24.0 Å². The molecule has 102 valence electrons. The van der Waals surface area contributed by atoms with Crippen molar-refractivity contribution in [2.24, 2.45) is 10.7 Å². The lowest BCUT2D eigenvalue weighted by Gasteiger charge is -2.22. The van der Waals surface area contributed by atoms with Crippen LogP contribution in [-0.4, -0.2) is 23.7 Å². The fraction of sp³-hybridized carbons (Fsp3) is 0.462. The van der Waals surface area contributed by atoms with Crippen LogP contribution < -0.4 is 11.1 Å². The van der Waals surface area contributed by atoms with E-state index in [2.05, 4.69) is 10.3 Å². The second-order valence-electron chi connectivity index (χ2n) is 4.64. The summed E-state index contributed by atoms with van der Waals surface area (Å²) in [5, 5.41) is 13.3. The highest BCUT2D eigenvalue weighted by molar-refractivity contribution is 14.0. The molecular weight excluding hydrogens is 341 g/mol. The first-order chi connectivity index (χ1) is 7.92. The number of aliphatic hydroxyl groups is 1. The van der Waals surface area contributed by atoms with Gasteiger partial charge in [0.15, 0.2) is 5.96 Å². The predicted octanol–water partition coefficient (Wildman–Crippen LogP) is 1.82. The molecule has 4 N–H and O–H groups in total. The van der Waals surface area contributed by atoms with Crippen molar-refractivity contribution in [3.05, 3.63) is 35.9 Å². The zero-order valence-electron chi connectivity index (χ0n) is 11.1. The highest BCUT2D eigenvalue weighted by Gasteiger charge is 2.22. The summed E-state index contributed by atoms with van der Waals surface area (Å²) in [6.45, 7) is 5.94. The molecule has 0 aliphatic rings. The smallest absolute Gasteiger partial charge is 0.188 e. The minimum absolute atomic E-state index is 0. The van der Waals surface area contributed by atoms with E-state index in [1.807, 2.05) is 44.2 Å². The number of benzene rings is 1. The summed E-state index contributed by atoms with van der Waals surface area (Å²) in [6, 6.07) is 9.69. The Morgan fingerprint density at radius 3 is 2.44 bits per heavy atom. The normalized spacial score (nSPS) is 14.8. The molecule has 0 heterocycles. The molecule has 5 heteroatoms. The Labute approximate surface area is 126 Å². The summed E-state index contributed by atoms with van der Waals surface area (Å²) >= 11 is 0. The average molecular weight is 363 g/mol. The van der Waals surface area contributed by atoms with Gasteiger partial charge in [0.1, 0.15) is 5.60 Å². The van der Waals surface area contributed by atoms with Gasteiger partial charge in [-0.1, -0.05) is 30.3 Å². The molecular formula is C13H22IN3O. The van der Waals surface area contributed by atoms with Gasteiger partial charge >= 0.3 is 0 Å². The minimum Gasteiger partial charge on any atom is -0.384 e. The van der Waals surface area contributed by atoms with Crippen LogP contribution in [0.25, 0.3) is 0 Å². The van der Waals surface area contributed by atoms with Crippen molar-refractivity contribution in [3.63, 3.8) is 0 Å². The number of nitrogens with one attached hydrogen (secondary N) is 1. The van der Waals surface area contributed by atoms with Gasteiger partial charge in [0.25, 0.3) is 0 Å². The Morgan fingerprint density at radius 1 is 1.39 bits per heavy atom. The lowest BCUT2D eigenvalue weighted by Crippen LogP contribution is -2.38. The summed E-state index contributed by atoms with van der Waals surface area (Å²) in [5.74, 6) is 0.358. The van der Waals surface area contributed by atoms with E-state index < -0.39 is 5.60 Å². The SMILES string of the molecule is CC(C)NC(N)=NCC(C)(O)c1ccccc1.I. The van der Waals surface area contributed by atoms with Crippen LogP contribution in [0.15, 0.2) is 35.3 Å². The van der Waals surface area contributed by atoms with Gasteiger partial charge in [-0.3, -0.25) is 4.99 Å². The maximum absolute atomic E-state index is 10.3. The number of halogens is 1. The largest absolute Gasteiger partial charge is 0.384 e. The van der Waals surface area contributed by atoms with E-state index in [9.17, 15) is 5.11 Å². The first-order valence-electron chi connectivity index (χ1n) is 5.76. The molecule has 1 rings (SSSR count). The van der Waals surface area contributed by atoms with E-state index in [4.69, 9.17) is 5.73 Å². The van der Waals surface area contributed by atoms with Crippen molar-refractivity contribution >= 4 is 29.9 Å². The Balaban J connectivity index is 0.00000289. The molecule has 0 amide bonds. The predicted molar refractivity (Wildman–Crippen MR) is 86.2 cm³/mol. The summed E-state index contributed by atoms with van der Waals surface area (Å²) in [4.78, 5) is 4.15. The molecule has 4 nitrogen and oxygen atoms in total. The van der Waals surface area contributed by atoms with E-state index in [1.54, 1.807) is 6.92 Å². The molecule has 0 aromatic heterocycles. The number of hydrogen-bond acceptors (Lipinski definition) is 2. The monoisotopic (exact) mass is 363 g/mol. The zero-order chi connectivity index (χ0) is 12.9. The average Bonchev–Trinajstić information content (AvgIpc) is 2.27. The first-order valence-corrected chi connectivity index (χ1v) is 5.76. The second-order valence-corrected chi connectivity index (χ2v) is 4.64. The highest BCUT2D eigenvalue weighted by Crippen LogP contribution is 2.20. The second kappa shape index (κ2) is 7.58. The van der Waals surface area contributed by atoms with Gasteiger partial charge in [-0.15, -0.1) is 24.0 Å². The molecule has 1 atom stereocenters. The molecule has 0 bridgehead atoms. The third-order valence-electron chi connectivity index (χ3n) is 2.39. The van der Waals surface area contributed by atoms with E-state index in [1.165, 1.54) is 0 Å². The number of nitrogens with zero attached hydrogens (tertiary/aromatic N) is 1. The van der Waals surface area contributed by atoms with Gasteiger partial charge in [0, 0.05) is 6.04 Å². The Bertz CT molecular complexity index is 377. The van der Waals surface area contributed by atoms with Crippen LogP contribution in [0.1, 0.15) is 26.3 Å². The van der Waals surface area contributed by atoms with E-state index in [0.717, 1.165) is 5.56 Å². The van der Waals surface area contributed by atoms with Crippen molar-refractivity contribution in [2.45, 2.75) is 32.4 Å². The van der Waals surface area contributed by atoms with Gasteiger partial charge in [-0.25, -0.2) is 0 Å². The maximum Gasteiger partial charge on any atom is 0.188 e. The number of rotatable bonds is 4. The van der Waals surface area contributed by atoms with Gasteiger partial charge in [0.05, 0.1) is 6.54 Å². The molecule has 0 saturated heterocycles. The molecule has 1 aromatic rings. The van der Waals surface area contributed by atoms with Crippen molar-refractivity contribution in [1.82, 2.24) is 5.32 Å². The molecule has 0 fully saturated rings. The van der Waals surface area contributed by atoms with Gasteiger partial charge in [0.2, 0.25) is 0 Å². The quantitative estimate of drug-likeness (QED) is 0.434. The van der Waals surface area contributed by atoms with Crippen LogP contribution in [0.5, 0.6) is 0 Å². The van der Waals surface area contributed by atoms with Crippen LogP contribution in [-0.2, 0) is 5.60 Å². The summed E-state index contributed by atoms with van der Waals surface area (Å²) in [5.41, 5.74) is 5.53. The molecule has 1 unspecified atom stereocenters. The standard InChI is InChI=1S/C13H21N3O.HI/c1-10(2)16-12(14)15-9-13(3,17)11-7-5-4-6-8-11;/h4-8,10,17H,9H2,1-3H3,(H3,14,15,16);1H. The van der Waals surface area contributed by atoms with E-state index >= 15 is 0 Å². The zero-order valence-corrected chi connectivity index (χ0v) is 13.4. The Kier molecular flexibility index (Phi) is 7.23. The molecule has 0 aliphatic carbocycles. The van der Waals surface area contributed by atoms with Crippen molar-refractivity contribution in [3.8, 4) is 0 Å². The molecule has 0 saturated carbocycles. The summed E-state index contributed by atoms with van der Waals surface area (Å²) < 4.78 is 0. The Hall–Kier alpha value is -0.820. The highest BCUT2D eigenvalue weighted by atomic mass is 127. The lowest BCUT2D eigenvalue weighted by atomic mass is 9.96. The van der Waals surface area contributed by atoms with Crippen LogP contribution in [0.2, 0.25) is 0 Å². The molecule has 1 aromatic carbocycles. The summed E-state index contributed by atoms with van der Waals surface area (Å²) in [7, 11) is 0. The number of hydrogen-bond donors (Lipinski definition) is 3. The van der Waals surface area contributed by atoms with Gasteiger partial charge in [-0.2, -0.15) is 0 Å². The van der Waals surface area contributed by atoms with Crippen LogP contribution in [0.4, 0.5) is 0 Å².